The summed E-state index contributed by atoms with van der Waals surface area (Å²) in [5.74, 6) is 0.271. The molecule has 0 unspecified atom stereocenters. The topological polar surface area (TPSA) is 74.4 Å². The third-order valence-electron chi connectivity index (χ3n) is 3.96. The van der Waals surface area contributed by atoms with Crippen molar-refractivity contribution in [3.05, 3.63) is 48.3 Å². The molecule has 6 nitrogen and oxygen atoms in total. The van der Waals surface area contributed by atoms with Crippen LogP contribution in [0.1, 0.15) is 23.3 Å². The Kier molecular flexibility index (Phi) is 4.32. The average Bonchev–Trinajstić information content (AvgIpc) is 3.11. The van der Waals surface area contributed by atoms with Gasteiger partial charge in [-0.1, -0.05) is 12.1 Å². The van der Waals surface area contributed by atoms with E-state index < -0.39 is 6.04 Å². The molecule has 0 saturated carbocycles. The first-order valence-corrected chi connectivity index (χ1v) is 7.59. The van der Waals surface area contributed by atoms with Gasteiger partial charge in [-0.2, -0.15) is 0 Å². The Labute approximate surface area is 134 Å². The number of carbonyl (C=O) groups excluding carboxylic acids is 2. The van der Waals surface area contributed by atoms with Crippen molar-refractivity contribution in [3.63, 3.8) is 0 Å². The molecular formula is C17H19N3O3. The summed E-state index contributed by atoms with van der Waals surface area (Å²) in [6, 6.07) is 10.3. The highest BCUT2D eigenvalue weighted by molar-refractivity contribution is 6.03. The minimum Gasteiger partial charge on any atom is -0.495 e. The lowest BCUT2D eigenvalue weighted by Crippen LogP contribution is -2.52. The van der Waals surface area contributed by atoms with Crippen LogP contribution in [-0.2, 0) is 4.79 Å². The molecule has 0 bridgehead atoms. The second kappa shape index (κ2) is 6.56. The number of piperidine rings is 1. The van der Waals surface area contributed by atoms with Gasteiger partial charge in [0.25, 0.3) is 5.91 Å². The maximum absolute atomic E-state index is 12.7. The van der Waals surface area contributed by atoms with Crippen molar-refractivity contribution in [2.24, 2.45) is 0 Å². The van der Waals surface area contributed by atoms with Gasteiger partial charge in [0, 0.05) is 12.7 Å². The average molecular weight is 313 g/mol. The summed E-state index contributed by atoms with van der Waals surface area (Å²) in [6.45, 7) is 0.619. The van der Waals surface area contributed by atoms with E-state index in [-0.39, 0.29) is 11.8 Å². The van der Waals surface area contributed by atoms with Crippen molar-refractivity contribution in [1.29, 1.82) is 0 Å². The summed E-state index contributed by atoms with van der Waals surface area (Å²) in [7, 11) is 1.58. The van der Waals surface area contributed by atoms with Gasteiger partial charge in [0.15, 0.2) is 0 Å². The Hall–Kier alpha value is -2.76. The molecule has 2 aromatic rings. The molecule has 1 aromatic heterocycles. The van der Waals surface area contributed by atoms with E-state index >= 15 is 0 Å². The number of para-hydroxylation sites is 2. The minimum atomic E-state index is -0.524. The van der Waals surface area contributed by atoms with E-state index in [9.17, 15) is 9.59 Å². The second-order valence-electron chi connectivity index (χ2n) is 5.41. The molecule has 0 aliphatic carbocycles. The number of benzene rings is 1. The van der Waals surface area contributed by atoms with Gasteiger partial charge in [-0.25, -0.2) is 0 Å². The Morgan fingerprint density at radius 3 is 2.87 bits per heavy atom. The third kappa shape index (κ3) is 3.06. The van der Waals surface area contributed by atoms with Crippen LogP contribution in [0.3, 0.4) is 0 Å². The first kappa shape index (κ1) is 15.1. The molecule has 3 rings (SSSR count). The summed E-state index contributed by atoms with van der Waals surface area (Å²) in [4.78, 5) is 29.4. The summed E-state index contributed by atoms with van der Waals surface area (Å²) in [5.41, 5.74) is 1.19. The lowest BCUT2D eigenvalue weighted by Gasteiger charge is -2.33. The van der Waals surface area contributed by atoms with E-state index in [0.717, 1.165) is 12.1 Å². The highest BCUT2D eigenvalue weighted by Gasteiger charge is 2.32. The monoisotopic (exact) mass is 313 g/mol. The van der Waals surface area contributed by atoms with Gasteiger partial charge in [-0.15, -0.1) is 0 Å². The fourth-order valence-corrected chi connectivity index (χ4v) is 2.81. The Bertz CT molecular complexity index is 697. The fourth-order valence-electron chi connectivity index (χ4n) is 2.81. The van der Waals surface area contributed by atoms with Gasteiger partial charge in [0.05, 0.1) is 12.8 Å². The van der Waals surface area contributed by atoms with Crippen LogP contribution in [0.25, 0.3) is 0 Å². The zero-order chi connectivity index (χ0) is 16.2. The van der Waals surface area contributed by atoms with Crippen molar-refractivity contribution >= 4 is 17.5 Å². The fraction of sp³-hybridized carbons (Fsp3) is 0.294. The van der Waals surface area contributed by atoms with Crippen LogP contribution >= 0.6 is 0 Å². The minimum absolute atomic E-state index is 0.111. The molecule has 23 heavy (non-hydrogen) atoms. The Balaban J connectivity index is 1.77. The number of anilines is 1. The number of amides is 2. The smallest absolute Gasteiger partial charge is 0.268 e. The van der Waals surface area contributed by atoms with Crippen LogP contribution in [0.2, 0.25) is 0 Å². The Morgan fingerprint density at radius 1 is 1.30 bits per heavy atom. The van der Waals surface area contributed by atoms with Gasteiger partial charge >= 0.3 is 0 Å². The number of hydrogen-bond donors (Lipinski definition) is 2. The molecular weight excluding hydrogens is 294 g/mol. The molecule has 2 heterocycles. The van der Waals surface area contributed by atoms with Crippen molar-refractivity contribution in [2.75, 3.05) is 18.6 Å². The first-order chi connectivity index (χ1) is 11.2. The molecule has 6 heteroatoms. The van der Waals surface area contributed by atoms with E-state index in [0.29, 0.717) is 24.4 Å². The largest absolute Gasteiger partial charge is 0.495 e. The standard InChI is InChI=1S/C17H19N3O3/c1-23-15-9-3-2-8-14(15)20-11-5-7-13(17(20)22)19-16(21)12-6-4-10-18-12/h2-4,6,8-10,13,18H,5,7,11H2,1H3,(H,19,21)/t13-/m0/s1. The Morgan fingerprint density at radius 2 is 2.13 bits per heavy atom. The highest BCUT2D eigenvalue weighted by atomic mass is 16.5. The van der Waals surface area contributed by atoms with Crippen molar-refractivity contribution in [2.45, 2.75) is 18.9 Å². The molecule has 1 aliphatic rings. The van der Waals surface area contributed by atoms with Gasteiger partial charge in [-0.05, 0) is 37.1 Å². The van der Waals surface area contributed by atoms with E-state index in [1.807, 2.05) is 24.3 Å². The number of aromatic amines is 1. The van der Waals surface area contributed by atoms with Gasteiger partial charge < -0.3 is 19.9 Å². The summed E-state index contributed by atoms with van der Waals surface area (Å²) >= 11 is 0. The molecule has 120 valence electrons. The van der Waals surface area contributed by atoms with Gasteiger partial charge in [-0.3, -0.25) is 9.59 Å². The SMILES string of the molecule is COc1ccccc1N1CCC[C@H](NC(=O)c2ccc[nH]2)C1=O. The summed E-state index contributed by atoms with van der Waals surface area (Å²) in [5, 5.41) is 2.81. The molecule has 0 radical (unpaired) electrons. The number of nitrogens with one attached hydrogen (secondary N) is 2. The van der Waals surface area contributed by atoms with E-state index in [1.165, 1.54) is 0 Å². The maximum Gasteiger partial charge on any atom is 0.268 e. The van der Waals surface area contributed by atoms with Crippen molar-refractivity contribution in [1.82, 2.24) is 10.3 Å². The number of nitrogens with zero attached hydrogens (tertiary/aromatic N) is 1. The molecule has 2 N–H and O–H groups in total. The summed E-state index contributed by atoms with van der Waals surface area (Å²) < 4.78 is 5.34. The second-order valence-corrected chi connectivity index (χ2v) is 5.41. The van der Waals surface area contributed by atoms with Crippen LogP contribution < -0.4 is 15.0 Å². The third-order valence-corrected chi connectivity index (χ3v) is 3.96. The number of aromatic nitrogens is 1. The van der Waals surface area contributed by atoms with E-state index in [4.69, 9.17) is 4.74 Å². The highest BCUT2D eigenvalue weighted by Crippen LogP contribution is 2.30. The lowest BCUT2D eigenvalue weighted by atomic mass is 10.0. The van der Waals surface area contributed by atoms with Crippen LogP contribution in [0.15, 0.2) is 42.6 Å². The van der Waals surface area contributed by atoms with Crippen molar-refractivity contribution in [3.8, 4) is 5.75 Å². The van der Waals surface area contributed by atoms with Crippen molar-refractivity contribution < 1.29 is 14.3 Å². The molecule has 1 fully saturated rings. The zero-order valence-corrected chi connectivity index (χ0v) is 12.9. The number of methoxy groups -OCH3 is 1. The molecule has 2 amide bonds. The van der Waals surface area contributed by atoms with Crippen LogP contribution in [-0.4, -0.2) is 36.5 Å². The molecule has 1 aliphatic heterocycles. The van der Waals surface area contributed by atoms with E-state index in [2.05, 4.69) is 10.3 Å². The van der Waals surface area contributed by atoms with E-state index in [1.54, 1.807) is 30.3 Å². The van der Waals surface area contributed by atoms with Gasteiger partial charge in [0.2, 0.25) is 5.91 Å². The first-order valence-electron chi connectivity index (χ1n) is 7.59. The molecule has 0 spiro atoms. The van der Waals surface area contributed by atoms with Crippen LogP contribution in [0, 0.1) is 0 Å². The number of rotatable bonds is 4. The predicted octanol–water partition coefficient (Wildman–Crippen LogP) is 1.95. The lowest BCUT2D eigenvalue weighted by molar-refractivity contribution is -0.121. The number of H-pyrrole nitrogens is 1. The number of carbonyl (C=O) groups is 2. The maximum atomic E-state index is 12.7. The quantitative estimate of drug-likeness (QED) is 0.906. The molecule has 1 aromatic carbocycles. The van der Waals surface area contributed by atoms with Crippen LogP contribution in [0.5, 0.6) is 5.75 Å². The predicted molar refractivity (Wildman–Crippen MR) is 86.6 cm³/mol. The molecule has 1 atom stereocenters. The van der Waals surface area contributed by atoms with Gasteiger partial charge in [0.1, 0.15) is 17.5 Å². The molecule has 1 saturated heterocycles. The number of hydrogen-bond acceptors (Lipinski definition) is 3. The summed E-state index contributed by atoms with van der Waals surface area (Å²) in [6.07, 6.45) is 3.13. The van der Waals surface area contributed by atoms with Crippen LogP contribution in [0.4, 0.5) is 5.69 Å². The normalized spacial score (nSPS) is 17.9. The zero-order valence-electron chi connectivity index (χ0n) is 12.9. The number of ether oxygens (including phenoxy) is 1.